The molecule has 5 nitrogen and oxygen atoms in total. The maximum Gasteiger partial charge on any atom is 0.135 e. The minimum absolute atomic E-state index is 0.871. The maximum absolute atomic E-state index is 6.50. The van der Waals surface area contributed by atoms with Crippen LogP contribution in [0.25, 0.3) is 137 Å². The van der Waals surface area contributed by atoms with Gasteiger partial charge in [-0.3, -0.25) is 0 Å². The van der Waals surface area contributed by atoms with Crippen LogP contribution in [0, 0.1) is 0 Å². The highest BCUT2D eigenvalue weighted by molar-refractivity contribution is 6.14. The molecule has 15 rings (SSSR count). The van der Waals surface area contributed by atoms with Crippen LogP contribution >= 0.6 is 0 Å². The van der Waals surface area contributed by atoms with E-state index in [9.17, 15) is 0 Å². The van der Waals surface area contributed by atoms with Crippen LogP contribution in [0.3, 0.4) is 0 Å². The van der Waals surface area contributed by atoms with E-state index >= 15 is 0 Å². The first-order chi connectivity index (χ1) is 32.2. The van der Waals surface area contributed by atoms with Crippen LogP contribution in [-0.2, 0) is 0 Å². The fourth-order valence-corrected chi connectivity index (χ4v) is 10.9. The van der Waals surface area contributed by atoms with Crippen LogP contribution in [0.2, 0.25) is 0 Å². The largest absolute Gasteiger partial charge is 0.456 e. The summed E-state index contributed by atoms with van der Waals surface area (Å²) in [6.07, 6.45) is 0. The van der Waals surface area contributed by atoms with E-state index in [0.29, 0.717) is 0 Å². The zero-order valence-corrected chi connectivity index (χ0v) is 34.9. The summed E-state index contributed by atoms with van der Waals surface area (Å²) in [6.45, 7) is 0. The van der Waals surface area contributed by atoms with Crippen molar-refractivity contribution in [2.45, 2.75) is 0 Å². The molecule has 0 unspecified atom stereocenters. The summed E-state index contributed by atoms with van der Waals surface area (Å²) < 4.78 is 20.1. The molecule has 0 amide bonds. The third kappa shape index (κ3) is 4.87. The van der Waals surface area contributed by atoms with E-state index in [1.165, 1.54) is 54.4 Å². The topological polar surface area (TPSA) is 41.1 Å². The van der Waals surface area contributed by atoms with E-state index < -0.39 is 0 Å². The molecule has 302 valence electrons. The highest BCUT2D eigenvalue weighted by Gasteiger charge is 2.19. The molecule has 0 spiro atoms. The second-order valence-corrected chi connectivity index (χ2v) is 17.3. The minimum atomic E-state index is 0.871. The molecule has 0 saturated carbocycles. The lowest BCUT2D eigenvalue weighted by Crippen LogP contribution is -1.94. The molecule has 0 aliphatic heterocycles. The number of hydrogen-bond acceptors (Lipinski definition) is 2. The van der Waals surface area contributed by atoms with Crippen LogP contribution in [0.4, 0.5) is 0 Å². The number of rotatable bonds is 4. The molecule has 0 fully saturated rings. The molecule has 65 heavy (non-hydrogen) atoms. The van der Waals surface area contributed by atoms with Gasteiger partial charge in [0.25, 0.3) is 0 Å². The van der Waals surface area contributed by atoms with Crippen molar-refractivity contribution in [1.29, 1.82) is 0 Å². The fraction of sp³-hybridized carbons (Fsp3) is 0. The molecule has 0 bridgehead atoms. The first kappa shape index (κ1) is 34.7. The molecule has 10 aromatic carbocycles. The average Bonchev–Trinajstić information content (AvgIpc) is 4.17. The van der Waals surface area contributed by atoms with E-state index in [2.05, 4.69) is 226 Å². The molecule has 0 saturated heterocycles. The van der Waals surface area contributed by atoms with Gasteiger partial charge in [-0.25, -0.2) is 0 Å². The number of furan rings is 2. The Morgan fingerprint density at radius 2 is 0.492 bits per heavy atom. The quantitative estimate of drug-likeness (QED) is 0.177. The smallest absolute Gasteiger partial charge is 0.135 e. The molecule has 0 aliphatic carbocycles. The zero-order chi connectivity index (χ0) is 42.3. The van der Waals surface area contributed by atoms with Crippen molar-refractivity contribution < 1.29 is 8.83 Å². The molecule has 5 aromatic heterocycles. The summed E-state index contributed by atoms with van der Waals surface area (Å²) in [5.41, 5.74) is 16.2. The maximum atomic E-state index is 6.50. The SMILES string of the molecule is c1ccc2c(c1)c1ccccc1n2-c1ccc2oc3ccc(-c4ccc5c(c4)c4ccccc4n5-c4ccc5oc6ccc(-n7c8ccccc8c8ccccc87)cc6c5c4)cc3c2c1. The van der Waals surface area contributed by atoms with E-state index in [0.717, 1.165) is 83.1 Å². The van der Waals surface area contributed by atoms with E-state index in [1.54, 1.807) is 0 Å². The Balaban J connectivity index is 0.865. The normalized spacial score (nSPS) is 12.3. The molecule has 0 aliphatic rings. The predicted octanol–water partition coefficient (Wildman–Crippen LogP) is 16.4. The number of benzene rings is 10. The summed E-state index contributed by atoms with van der Waals surface area (Å²) in [7, 11) is 0. The number of aromatic nitrogens is 3. The molecular weight excluding hydrogens is 795 g/mol. The van der Waals surface area contributed by atoms with Gasteiger partial charge in [-0.1, -0.05) is 103 Å². The van der Waals surface area contributed by atoms with Crippen LogP contribution < -0.4 is 0 Å². The van der Waals surface area contributed by atoms with Gasteiger partial charge < -0.3 is 22.5 Å². The Labute approximate surface area is 370 Å². The molecule has 0 radical (unpaired) electrons. The Bertz CT molecular complexity index is 4390. The van der Waals surface area contributed by atoms with Crippen molar-refractivity contribution in [3.8, 4) is 28.2 Å². The Kier molecular flexibility index (Phi) is 6.89. The van der Waals surface area contributed by atoms with E-state index in [4.69, 9.17) is 8.83 Å². The summed E-state index contributed by atoms with van der Waals surface area (Å²) >= 11 is 0. The van der Waals surface area contributed by atoms with Gasteiger partial charge in [-0.05, 0) is 120 Å². The first-order valence-corrected chi connectivity index (χ1v) is 22.2. The van der Waals surface area contributed by atoms with Crippen LogP contribution in [-0.4, -0.2) is 13.7 Å². The molecule has 15 aromatic rings. The van der Waals surface area contributed by atoms with Crippen molar-refractivity contribution in [3.05, 3.63) is 212 Å². The van der Waals surface area contributed by atoms with Crippen LogP contribution in [0.15, 0.2) is 221 Å². The molecule has 0 N–H and O–H groups in total. The molecule has 0 atom stereocenters. The number of fused-ring (bicyclic) bond motifs is 15. The lowest BCUT2D eigenvalue weighted by molar-refractivity contribution is 0.668. The molecule has 5 heterocycles. The Morgan fingerprint density at radius 3 is 0.877 bits per heavy atom. The second kappa shape index (κ2) is 12.9. The summed E-state index contributed by atoms with van der Waals surface area (Å²) in [5, 5.41) is 11.8. The van der Waals surface area contributed by atoms with Crippen molar-refractivity contribution in [1.82, 2.24) is 13.7 Å². The fourth-order valence-electron chi connectivity index (χ4n) is 10.9. The lowest BCUT2D eigenvalue weighted by atomic mass is 10.0. The number of hydrogen-bond donors (Lipinski definition) is 0. The van der Waals surface area contributed by atoms with Gasteiger partial charge in [0.1, 0.15) is 22.3 Å². The van der Waals surface area contributed by atoms with Gasteiger partial charge in [0.05, 0.1) is 33.1 Å². The van der Waals surface area contributed by atoms with Crippen LogP contribution in [0.5, 0.6) is 0 Å². The summed E-state index contributed by atoms with van der Waals surface area (Å²) in [6, 6.07) is 76.6. The molecular formula is C60H35N3O2. The van der Waals surface area contributed by atoms with Gasteiger partial charge in [0, 0.05) is 70.9 Å². The Morgan fingerprint density at radius 1 is 0.215 bits per heavy atom. The van der Waals surface area contributed by atoms with Crippen molar-refractivity contribution in [3.63, 3.8) is 0 Å². The number of para-hydroxylation sites is 5. The monoisotopic (exact) mass is 829 g/mol. The highest BCUT2D eigenvalue weighted by Crippen LogP contribution is 2.41. The highest BCUT2D eigenvalue weighted by atomic mass is 16.3. The van der Waals surface area contributed by atoms with Gasteiger partial charge in [0.2, 0.25) is 0 Å². The number of nitrogens with zero attached hydrogens (tertiary/aromatic N) is 3. The third-order valence-electron chi connectivity index (χ3n) is 13.8. The van der Waals surface area contributed by atoms with Crippen molar-refractivity contribution in [2.24, 2.45) is 0 Å². The third-order valence-corrected chi connectivity index (χ3v) is 13.8. The summed E-state index contributed by atoms with van der Waals surface area (Å²) in [5.74, 6) is 0. The minimum Gasteiger partial charge on any atom is -0.456 e. The van der Waals surface area contributed by atoms with Crippen LogP contribution in [0.1, 0.15) is 0 Å². The Hall–Kier alpha value is -8.80. The molecule has 5 heteroatoms. The first-order valence-electron chi connectivity index (χ1n) is 22.2. The van der Waals surface area contributed by atoms with Gasteiger partial charge >= 0.3 is 0 Å². The van der Waals surface area contributed by atoms with Crippen molar-refractivity contribution in [2.75, 3.05) is 0 Å². The second-order valence-electron chi connectivity index (χ2n) is 17.3. The van der Waals surface area contributed by atoms with Gasteiger partial charge in [-0.2, -0.15) is 0 Å². The van der Waals surface area contributed by atoms with E-state index in [1.807, 2.05) is 0 Å². The summed E-state index contributed by atoms with van der Waals surface area (Å²) in [4.78, 5) is 0. The van der Waals surface area contributed by atoms with Crippen molar-refractivity contribution >= 4 is 109 Å². The van der Waals surface area contributed by atoms with Gasteiger partial charge in [0.15, 0.2) is 0 Å². The van der Waals surface area contributed by atoms with Gasteiger partial charge in [-0.15, -0.1) is 0 Å². The lowest BCUT2D eigenvalue weighted by Gasteiger charge is -2.09. The standard InChI is InChI=1S/C60H35N3O2/c1-6-16-51-41(11-1)42-12-2-7-17-52(42)61(51)38-23-28-58-48(33-38)47-32-37(22-27-57(47)64-58)36-21-26-56-46(31-36)45-15-5-10-20-55(45)63(56)40-25-30-60-50(35-40)49-34-39(24-29-59(49)65-60)62-53-18-8-3-13-43(53)44-14-4-9-19-54(44)62/h1-35H. The van der Waals surface area contributed by atoms with E-state index in [-0.39, 0.29) is 0 Å². The predicted molar refractivity (Wildman–Crippen MR) is 269 cm³/mol. The average molecular weight is 830 g/mol. The zero-order valence-electron chi connectivity index (χ0n) is 34.9.